The molecule has 2 aromatic rings. The van der Waals surface area contributed by atoms with Crippen LogP contribution in [0.25, 0.3) is 0 Å². The summed E-state index contributed by atoms with van der Waals surface area (Å²) in [5.74, 6) is 0.443. The number of piperidine rings is 1. The molecule has 3 rings (SSSR count). The Morgan fingerprint density at radius 2 is 1.80 bits per heavy atom. The molecule has 0 aromatic heterocycles. The number of halogens is 1. The largest absolute Gasteiger partial charge is 0.496 e. The van der Waals surface area contributed by atoms with Gasteiger partial charge < -0.3 is 10.1 Å². The molecular weight excluding hydrogens is 468 g/mol. The molecule has 1 saturated heterocycles. The maximum Gasteiger partial charge on any atom is 0.243 e. The first-order chi connectivity index (χ1) is 14.2. The minimum Gasteiger partial charge on any atom is -0.496 e. The van der Waals surface area contributed by atoms with Gasteiger partial charge in [-0.15, -0.1) is 0 Å². The second kappa shape index (κ2) is 9.49. The molecule has 8 heteroatoms. The average Bonchev–Trinajstić information content (AvgIpc) is 2.74. The van der Waals surface area contributed by atoms with Crippen LogP contribution in [0, 0.1) is 12.8 Å². The van der Waals surface area contributed by atoms with E-state index in [1.165, 1.54) is 4.31 Å². The molecular formula is C22H27BrN2O4S. The smallest absolute Gasteiger partial charge is 0.243 e. The molecule has 0 aliphatic carbocycles. The standard InChI is InChI=1S/C22H27BrN2O4S/c1-15-14-20(8-9-21(15)29-3)30(27,28)25-12-10-18(11-13-25)22(26)24-16(2)17-4-6-19(23)7-5-17/h4-9,14,16,18H,10-13H2,1-3H3,(H,24,26)/t16-/m0/s1. The van der Waals surface area contributed by atoms with Crippen molar-refractivity contribution in [3.8, 4) is 5.75 Å². The number of hydrogen-bond donors (Lipinski definition) is 1. The third kappa shape index (κ3) is 5.04. The summed E-state index contributed by atoms with van der Waals surface area (Å²) in [5.41, 5.74) is 1.80. The zero-order valence-corrected chi connectivity index (χ0v) is 19.8. The molecule has 1 aliphatic rings. The first kappa shape index (κ1) is 22.8. The number of ether oxygens (including phenoxy) is 1. The van der Waals surface area contributed by atoms with E-state index in [1.807, 2.05) is 38.1 Å². The van der Waals surface area contributed by atoms with Crippen LogP contribution in [0.1, 0.15) is 36.9 Å². The van der Waals surface area contributed by atoms with Crippen molar-refractivity contribution < 1.29 is 17.9 Å². The fourth-order valence-corrected chi connectivity index (χ4v) is 5.50. The molecule has 0 radical (unpaired) electrons. The lowest BCUT2D eigenvalue weighted by Gasteiger charge is -2.31. The molecule has 0 bridgehead atoms. The van der Waals surface area contributed by atoms with Gasteiger partial charge in [0.25, 0.3) is 0 Å². The van der Waals surface area contributed by atoms with Crippen LogP contribution in [0.2, 0.25) is 0 Å². The van der Waals surface area contributed by atoms with E-state index >= 15 is 0 Å². The lowest BCUT2D eigenvalue weighted by atomic mass is 9.96. The number of hydrogen-bond acceptors (Lipinski definition) is 4. The Balaban J connectivity index is 1.60. The number of benzene rings is 2. The van der Waals surface area contributed by atoms with Crippen LogP contribution in [-0.4, -0.2) is 38.8 Å². The SMILES string of the molecule is COc1ccc(S(=O)(=O)N2CCC(C(=O)N[C@@H](C)c3ccc(Br)cc3)CC2)cc1C. The van der Waals surface area contributed by atoms with E-state index < -0.39 is 10.0 Å². The molecule has 0 spiro atoms. The molecule has 1 amide bonds. The predicted octanol–water partition coefficient (Wildman–Crippen LogP) is 4.04. The Hall–Kier alpha value is -1.90. The van der Waals surface area contributed by atoms with Crippen LogP contribution in [-0.2, 0) is 14.8 Å². The van der Waals surface area contributed by atoms with Crippen LogP contribution in [0.5, 0.6) is 5.75 Å². The van der Waals surface area contributed by atoms with E-state index in [-0.39, 0.29) is 22.8 Å². The zero-order chi connectivity index (χ0) is 21.9. The van der Waals surface area contributed by atoms with Crippen molar-refractivity contribution in [3.63, 3.8) is 0 Å². The highest BCUT2D eigenvalue weighted by Gasteiger charge is 2.32. The lowest BCUT2D eigenvalue weighted by molar-refractivity contribution is -0.126. The number of rotatable bonds is 6. The van der Waals surface area contributed by atoms with Crippen molar-refractivity contribution >= 4 is 31.9 Å². The molecule has 1 atom stereocenters. The summed E-state index contributed by atoms with van der Waals surface area (Å²) in [4.78, 5) is 12.9. The van der Waals surface area contributed by atoms with Gasteiger partial charge in [-0.3, -0.25) is 4.79 Å². The van der Waals surface area contributed by atoms with Gasteiger partial charge in [0.15, 0.2) is 0 Å². The second-order valence-corrected chi connectivity index (χ2v) is 10.4. The maximum absolute atomic E-state index is 13.0. The molecule has 0 saturated carbocycles. The van der Waals surface area contributed by atoms with E-state index in [0.29, 0.717) is 31.7 Å². The van der Waals surface area contributed by atoms with Gasteiger partial charge in [-0.25, -0.2) is 8.42 Å². The van der Waals surface area contributed by atoms with Crippen molar-refractivity contribution in [1.29, 1.82) is 0 Å². The lowest BCUT2D eigenvalue weighted by Crippen LogP contribution is -2.43. The number of carbonyl (C=O) groups is 1. The van der Waals surface area contributed by atoms with Crippen LogP contribution >= 0.6 is 15.9 Å². The monoisotopic (exact) mass is 494 g/mol. The summed E-state index contributed by atoms with van der Waals surface area (Å²) in [5, 5.41) is 3.05. The zero-order valence-electron chi connectivity index (χ0n) is 17.4. The van der Waals surface area contributed by atoms with Crippen molar-refractivity contribution in [2.75, 3.05) is 20.2 Å². The Morgan fingerprint density at radius 1 is 1.17 bits per heavy atom. The molecule has 162 valence electrons. The fraction of sp³-hybridized carbons (Fsp3) is 0.409. The van der Waals surface area contributed by atoms with Crippen LogP contribution in [0.3, 0.4) is 0 Å². The number of nitrogens with zero attached hydrogens (tertiary/aromatic N) is 1. The topological polar surface area (TPSA) is 75.7 Å². The molecule has 1 heterocycles. The molecule has 0 unspecified atom stereocenters. The minimum absolute atomic E-state index is 0.0252. The van der Waals surface area contributed by atoms with Gasteiger partial charge in [-0.1, -0.05) is 28.1 Å². The Labute approximate surface area is 186 Å². The molecule has 1 aliphatic heterocycles. The average molecular weight is 495 g/mol. The Kier molecular flexibility index (Phi) is 7.21. The van der Waals surface area contributed by atoms with Crippen molar-refractivity contribution in [2.45, 2.75) is 37.6 Å². The van der Waals surface area contributed by atoms with Gasteiger partial charge in [0, 0.05) is 23.5 Å². The van der Waals surface area contributed by atoms with E-state index in [2.05, 4.69) is 21.2 Å². The summed E-state index contributed by atoms with van der Waals surface area (Å²) >= 11 is 3.41. The second-order valence-electron chi connectivity index (χ2n) is 7.59. The maximum atomic E-state index is 13.0. The van der Waals surface area contributed by atoms with Gasteiger partial charge in [-0.2, -0.15) is 4.31 Å². The normalized spacial score (nSPS) is 16.8. The van der Waals surface area contributed by atoms with Gasteiger partial charge in [0.1, 0.15) is 5.75 Å². The van der Waals surface area contributed by atoms with E-state index in [9.17, 15) is 13.2 Å². The van der Waals surface area contributed by atoms with Crippen molar-refractivity contribution in [2.24, 2.45) is 5.92 Å². The van der Waals surface area contributed by atoms with Gasteiger partial charge >= 0.3 is 0 Å². The van der Waals surface area contributed by atoms with Gasteiger partial charge in [0.2, 0.25) is 15.9 Å². The summed E-state index contributed by atoms with van der Waals surface area (Å²) < 4.78 is 33.6. The summed E-state index contributed by atoms with van der Waals surface area (Å²) in [6, 6.07) is 12.6. The third-order valence-electron chi connectivity index (χ3n) is 5.56. The molecule has 6 nitrogen and oxygen atoms in total. The minimum atomic E-state index is -3.59. The van der Waals surface area contributed by atoms with Gasteiger partial charge in [-0.05, 0) is 68.1 Å². The number of aryl methyl sites for hydroxylation is 1. The predicted molar refractivity (Wildman–Crippen MR) is 120 cm³/mol. The van der Waals surface area contributed by atoms with Crippen LogP contribution in [0.15, 0.2) is 51.8 Å². The Bertz CT molecular complexity index is 1000. The van der Waals surface area contributed by atoms with E-state index in [4.69, 9.17) is 4.74 Å². The molecule has 1 N–H and O–H groups in total. The van der Waals surface area contributed by atoms with Gasteiger partial charge in [0.05, 0.1) is 18.0 Å². The number of sulfonamides is 1. The van der Waals surface area contributed by atoms with Crippen LogP contribution in [0.4, 0.5) is 0 Å². The van der Waals surface area contributed by atoms with E-state index in [0.717, 1.165) is 15.6 Å². The highest BCUT2D eigenvalue weighted by Crippen LogP contribution is 2.27. The first-order valence-electron chi connectivity index (χ1n) is 9.93. The number of carbonyl (C=O) groups excluding carboxylic acids is 1. The van der Waals surface area contributed by atoms with Crippen LogP contribution < -0.4 is 10.1 Å². The van der Waals surface area contributed by atoms with Crippen molar-refractivity contribution in [1.82, 2.24) is 9.62 Å². The highest BCUT2D eigenvalue weighted by atomic mass is 79.9. The first-order valence-corrected chi connectivity index (χ1v) is 12.2. The van der Waals surface area contributed by atoms with E-state index in [1.54, 1.807) is 25.3 Å². The fourth-order valence-electron chi connectivity index (χ4n) is 3.68. The Morgan fingerprint density at radius 3 is 2.37 bits per heavy atom. The number of methoxy groups -OCH3 is 1. The third-order valence-corrected chi connectivity index (χ3v) is 7.98. The molecule has 2 aromatic carbocycles. The summed E-state index contributed by atoms with van der Waals surface area (Å²) in [6.07, 6.45) is 1.01. The number of amides is 1. The highest BCUT2D eigenvalue weighted by molar-refractivity contribution is 9.10. The number of nitrogens with one attached hydrogen (secondary N) is 1. The summed E-state index contributed by atoms with van der Waals surface area (Å²) in [7, 11) is -2.03. The molecule has 30 heavy (non-hydrogen) atoms. The van der Waals surface area contributed by atoms with Crippen molar-refractivity contribution in [3.05, 3.63) is 58.1 Å². The summed E-state index contributed by atoms with van der Waals surface area (Å²) in [6.45, 7) is 4.43. The molecule has 1 fully saturated rings. The quantitative estimate of drug-likeness (QED) is 0.657.